The van der Waals surface area contributed by atoms with Crippen molar-refractivity contribution in [3.8, 4) is 11.4 Å². The van der Waals surface area contributed by atoms with Gasteiger partial charge < -0.3 is 14.7 Å². The third-order valence-corrected chi connectivity index (χ3v) is 4.96. The molecule has 1 aromatic heterocycles. The van der Waals surface area contributed by atoms with Crippen molar-refractivity contribution >= 4 is 11.7 Å². The number of anilines is 1. The minimum atomic E-state index is -0.444. The van der Waals surface area contributed by atoms with Crippen molar-refractivity contribution in [1.29, 1.82) is 0 Å². The summed E-state index contributed by atoms with van der Waals surface area (Å²) >= 11 is 0. The topological polar surface area (TPSA) is 71.3 Å². The van der Waals surface area contributed by atoms with Crippen molar-refractivity contribution in [3.63, 3.8) is 0 Å². The molecule has 0 radical (unpaired) electrons. The number of hydrogen-bond donors (Lipinski definition) is 1. The third kappa shape index (κ3) is 3.88. The maximum atomic E-state index is 13.7. The Morgan fingerprint density at radius 3 is 2.71 bits per heavy atom. The summed E-state index contributed by atoms with van der Waals surface area (Å²) in [6.07, 6.45) is 1.44. The minimum Gasteiger partial charge on any atom is -0.339 e. The van der Waals surface area contributed by atoms with Crippen LogP contribution in [0.4, 0.5) is 14.9 Å². The van der Waals surface area contributed by atoms with Gasteiger partial charge in [0.1, 0.15) is 5.82 Å². The van der Waals surface area contributed by atoms with Gasteiger partial charge in [0.2, 0.25) is 11.7 Å². The second kappa shape index (κ2) is 7.80. The number of para-hydroxylation sites is 1. The average Bonchev–Trinajstić information content (AvgIpc) is 3.20. The van der Waals surface area contributed by atoms with E-state index in [9.17, 15) is 9.18 Å². The SMILES string of the molecule is Cc1cccc(-c2noc(C3CCN(C(=O)Nc4ccccc4F)CC3)n2)c1. The van der Waals surface area contributed by atoms with Gasteiger partial charge in [0, 0.05) is 24.6 Å². The fourth-order valence-electron chi connectivity index (χ4n) is 3.39. The molecule has 2 amide bonds. The highest BCUT2D eigenvalue weighted by Crippen LogP contribution is 2.29. The Kier molecular flexibility index (Phi) is 5.06. The maximum absolute atomic E-state index is 13.7. The van der Waals surface area contributed by atoms with Gasteiger partial charge in [0.05, 0.1) is 5.69 Å². The number of urea groups is 1. The molecule has 0 atom stereocenters. The quantitative estimate of drug-likeness (QED) is 0.721. The summed E-state index contributed by atoms with van der Waals surface area (Å²) in [7, 11) is 0. The molecule has 1 aliphatic rings. The van der Waals surface area contributed by atoms with Crippen LogP contribution in [-0.4, -0.2) is 34.2 Å². The smallest absolute Gasteiger partial charge is 0.321 e. The van der Waals surface area contributed by atoms with E-state index in [1.165, 1.54) is 6.07 Å². The summed E-state index contributed by atoms with van der Waals surface area (Å²) in [5, 5.41) is 6.73. The molecule has 1 fully saturated rings. The van der Waals surface area contributed by atoms with Gasteiger partial charge in [0.25, 0.3) is 0 Å². The molecular weight excluding hydrogens is 359 g/mol. The van der Waals surface area contributed by atoms with Crippen LogP contribution in [0.15, 0.2) is 53.1 Å². The van der Waals surface area contributed by atoms with Gasteiger partial charge in [-0.3, -0.25) is 0 Å². The lowest BCUT2D eigenvalue weighted by Gasteiger charge is -2.30. The van der Waals surface area contributed by atoms with E-state index < -0.39 is 5.82 Å². The van der Waals surface area contributed by atoms with E-state index in [0.29, 0.717) is 24.8 Å². The molecular formula is C21H21FN4O2. The van der Waals surface area contributed by atoms with E-state index in [-0.39, 0.29) is 17.6 Å². The van der Waals surface area contributed by atoms with Crippen molar-refractivity contribution in [1.82, 2.24) is 15.0 Å². The number of nitrogens with zero attached hydrogens (tertiary/aromatic N) is 3. The minimum absolute atomic E-state index is 0.114. The van der Waals surface area contributed by atoms with E-state index in [1.54, 1.807) is 23.1 Å². The monoisotopic (exact) mass is 380 g/mol. The van der Waals surface area contributed by atoms with Gasteiger partial charge in [-0.25, -0.2) is 9.18 Å². The molecule has 1 saturated heterocycles. The van der Waals surface area contributed by atoms with E-state index in [0.717, 1.165) is 24.0 Å². The van der Waals surface area contributed by atoms with Crippen molar-refractivity contribution in [2.24, 2.45) is 0 Å². The highest BCUT2D eigenvalue weighted by molar-refractivity contribution is 5.89. The van der Waals surface area contributed by atoms with Crippen LogP contribution >= 0.6 is 0 Å². The number of halogens is 1. The predicted octanol–water partition coefficient (Wildman–Crippen LogP) is 4.60. The Labute approximate surface area is 162 Å². The molecule has 3 aromatic rings. The van der Waals surface area contributed by atoms with Crippen molar-refractivity contribution < 1.29 is 13.7 Å². The predicted molar refractivity (Wildman–Crippen MR) is 103 cm³/mol. The number of amides is 2. The number of aryl methyl sites for hydroxylation is 1. The summed E-state index contributed by atoms with van der Waals surface area (Å²) in [4.78, 5) is 18.6. The van der Waals surface area contributed by atoms with Crippen LogP contribution in [0.1, 0.15) is 30.2 Å². The van der Waals surface area contributed by atoms with E-state index in [1.807, 2.05) is 31.2 Å². The Balaban J connectivity index is 1.37. The van der Waals surface area contributed by atoms with Crippen LogP contribution in [0.2, 0.25) is 0 Å². The zero-order valence-corrected chi connectivity index (χ0v) is 15.6. The molecule has 28 heavy (non-hydrogen) atoms. The second-order valence-corrected chi connectivity index (χ2v) is 7.00. The third-order valence-electron chi connectivity index (χ3n) is 4.96. The molecule has 0 aliphatic carbocycles. The van der Waals surface area contributed by atoms with Gasteiger partial charge in [0.15, 0.2) is 0 Å². The number of benzene rings is 2. The number of nitrogens with one attached hydrogen (secondary N) is 1. The largest absolute Gasteiger partial charge is 0.339 e. The number of likely N-dealkylation sites (tertiary alicyclic amines) is 1. The molecule has 0 saturated carbocycles. The van der Waals surface area contributed by atoms with Crippen LogP contribution in [0.3, 0.4) is 0 Å². The summed E-state index contributed by atoms with van der Waals surface area (Å²) < 4.78 is 19.2. The number of aromatic nitrogens is 2. The highest BCUT2D eigenvalue weighted by atomic mass is 19.1. The van der Waals surface area contributed by atoms with Crippen LogP contribution in [0.25, 0.3) is 11.4 Å². The molecule has 7 heteroatoms. The molecule has 6 nitrogen and oxygen atoms in total. The van der Waals surface area contributed by atoms with Gasteiger partial charge >= 0.3 is 6.03 Å². The second-order valence-electron chi connectivity index (χ2n) is 7.00. The fourth-order valence-corrected chi connectivity index (χ4v) is 3.39. The van der Waals surface area contributed by atoms with Crippen LogP contribution < -0.4 is 5.32 Å². The number of rotatable bonds is 3. The molecule has 0 bridgehead atoms. The lowest BCUT2D eigenvalue weighted by molar-refractivity contribution is 0.187. The van der Waals surface area contributed by atoms with Crippen LogP contribution in [0.5, 0.6) is 0 Å². The highest BCUT2D eigenvalue weighted by Gasteiger charge is 2.28. The van der Waals surface area contributed by atoms with Crippen molar-refractivity contribution in [3.05, 3.63) is 65.8 Å². The first-order valence-corrected chi connectivity index (χ1v) is 9.31. The number of hydrogen-bond acceptors (Lipinski definition) is 4. The Morgan fingerprint density at radius 2 is 1.96 bits per heavy atom. The summed E-state index contributed by atoms with van der Waals surface area (Å²) in [6.45, 7) is 3.12. The number of piperidine rings is 1. The zero-order valence-electron chi connectivity index (χ0n) is 15.6. The van der Waals surface area contributed by atoms with Crippen molar-refractivity contribution in [2.45, 2.75) is 25.7 Å². The molecule has 4 rings (SSSR count). The van der Waals surface area contributed by atoms with E-state index in [2.05, 4.69) is 15.5 Å². The summed E-state index contributed by atoms with van der Waals surface area (Å²) in [5.74, 6) is 0.855. The lowest BCUT2D eigenvalue weighted by Crippen LogP contribution is -2.40. The van der Waals surface area contributed by atoms with E-state index in [4.69, 9.17) is 4.52 Å². The summed E-state index contributed by atoms with van der Waals surface area (Å²) in [5.41, 5.74) is 2.25. The Morgan fingerprint density at radius 1 is 1.18 bits per heavy atom. The molecule has 2 heterocycles. The molecule has 144 valence electrons. The zero-order chi connectivity index (χ0) is 19.5. The average molecular weight is 380 g/mol. The fraction of sp³-hybridized carbons (Fsp3) is 0.286. The van der Waals surface area contributed by atoms with Crippen molar-refractivity contribution in [2.75, 3.05) is 18.4 Å². The lowest BCUT2D eigenvalue weighted by atomic mass is 9.97. The molecule has 0 unspecified atom stereocenters. The molecule has 1 N–H and O–H groups in total. The molecule has 2 aromatic carbocycles. The number of carbonyl (C=O) groups is 1. The van der Waals surface area contributed by atoms with Gasteiger partial charge in [-0.15, -0.1) is 0 Å². The van der Waals surface area contributed by atoms with Crippen LogP contribution in [-0.2, 0) is 0 Å². The van der Waals surface area contributed by atoms with Gasteiger partial charge in [-0.1, -0.05) is 41.1 Å². The first-order chi connectivity index (χ1) is 13.6. The summed E-state index contributed by atoms with van der Waals surface area (Å²) in [6, 6.07) is 13.8. The van der Waals surface area contributed by atoms with E-state index >= 15 is 0 Å². The molecule has 1 aliphatic heterocycles. The first kappa shape index (κ1) is 18.2. The van der Waals surface area contributed by atoms with Crippen LogP contribution in [0, 0.1) is 12.7 Å². The van der Waals surface area contributed by atoms with Gasteiger partial charge in [-0.2, -0.15) is 4.98 Å². The molecule has 0 spiro atoms. The Hall–Kier alpha value is -3.22. The first-order valence-electron chi connectivity index (χ1n) is 9.31. The maximum Gasteiger partial charge on any atom is 0.321 e. The Bertz CT molecular complexity index is 980. The standard InChI is InChI=1S/C21H21FN4O2/c1-14-5-4-6-16(13-14)19-24-20(28-25-19)15-9-11-26(12-10-15)21(27)23-18-8-3-2-7-17(18)22/h2-8,13,15H,9-12H2,1H3,(H,23,27). The number of carbonyl (C=O) groups excluding carboxylic acids is 1. The normalized spacial score (nSPS) is 14.9. The van der Waals surface area contributed by atoms with Gasteiger partial charge in [-0.05, 0) is 38.0 Å².